The lowest BCUT2D eigenvalue weighted by atomic mass is 10.1. The molecule has 0 spiro atoms. The zero-order valence-corrected chi connectivity index (χ0v) is 11.2. The Morgan fingerprint density at radius 1 is 1.44 bits per heavy atom. The first kappa shape index (κ1) is 13.2. The molecule has 0 fully saturated rings. The Morgan fingerprint density at radius 2 is 2.19 bits per heavy atom. The fraction of sp³-hybridized carbons (Fsp3) is 0.417. The van der Waals surface area contributed by atoms with E-state index in [-0.39, 0.29) is 5.91 Å². The van der Waals surface area contributed by atoms with E-state index in [4.69, 9.17) is 0 Å². The SMILES string of the molecule is CCNC(=O)CNCc1ccc(Br)c(C)c1. The van der Waals surface area contributed by atoms with Gasteiger partial charge in [-0.05, 0) is 31.0 Å². The number of hydrogen-bond donors (Lipinski definition) is 2. The molecule has 1 aromatic rings. The first-order chi connectivity index (χ1) is 7.63. The molecule has 2 N–H and O–H groups in total. The predicted molar refractivity (Wildman–Crippen MR) is 69.3 cm³/mol. The van der Waals surface area contributed by atoms with E-state index in [0.717, 1.165) is 4.47 Å². The van der Waals surface area contributed by atoms with Crippen molar-refractivity contribution in [2.24, 2.45) is 0 Å². The second kappa shape index (κ2) is 6.66. The van der Waals surface area contributed by atoms with Crippen LogP contribution in [0, 0.1) is 6.92 Å². The number of carbonyl (C=O) groups excluding carboxylic acids is 1. The summed E-state index contributed by atoms with van der Waals surface area (Å²) in [6.45, 7) is 5.72. The fourth-order valence-corrected chi connectivity index (χ4v) is 1.64. The molecule has 16 heavy (non-hydrogen) atoms. The van der Waals surface area contributed by atoms with Gasteiger partial charge in [0.1, 0.15) is 0 Å². The second-order valence-electron chi connectivity index (χ2n) is 3.64. The van der Waals surface area contributed by atoms with Crippen LogP contribution in [0.3, 0.4) is 0 Å². The molecule has 1 aromatic carbocycles. The van der Waals surface area contributed by atoms with Gasteiger partial charge in [-0.25, -0.2) is 0 Å². The normalized spacial score (nSPS) is 10.2. The minimum Gasteiger partial charge on any atom is -0.355 e. The van der Waals surface area contributed by atoms with Crippen molar-refractivity contribution >= 4 is 21.8 Å². The number of likely N-dealkylation sites (N-methyl/N-ethyl adjacent to an activating group) is 1. The Bertz CT molecular complexity index is 366. The maximum absolute atomic E-state index is 11.2. The number of hydrogen-bond acceptors (Lipinski definition) is 2. The predicted octanol–water partition coefficient (Wildman–Crippen LogP) is 1.98. The van der Waals surface area contributed by atoms with Crippen LogP contribution in [0.5, 0.6) is 0 Å². The van der Waals surface area contributed by atoms with Crippen molar-refractivity contribution in [2.75, 3.05) is 13.1 Å². The molecule has 0 saturated carbocycles. The summed E-state index contributed by atoms with van der Waals surface area (Å²) in [5, 5.41) is 5.85. The third-order valence-electron chi connectivity index (χ3n) is 2.21. The molecule has 1 rings (SSSR count). The molecule has 0 aliphatic carbocycles. The van der Waals surface area contributed by atoms with Crippen LogP contribution >= 0.6 is 15.9 Å². The number of nitrogens with one attached hydrogen (secondary N) is 2. The molecule has 0 radical (unpaired) electrons. The molecule has 0 aliphatic heterocycles. The molecule has 0 heterocycles. The minimum atomic E-state index is 0.0383. The van der Waals surface area contributed by atoms with E-state index in [0.29, 0.717) is 19.6 Å². The van der Waals surface area contributed by atoms with Crippen molar-refractivity contribution in [2.45, 2.75) is 20.4 Å². The van der Waals surface area contributed by atoms with Crippen LogP contribution in [0.4, 0.5) is 0 Å². The summed E-state index contributed by atoms with van der Waals surface area (Å²) in [4.78, 5) is 11.2. The molecule has 3 nitrogen and oxygen atoms in total. The van der Waals surface area contributed by atoms with Gasteiger partial charge in [0.05, 0.1) is 6.54 Å². The van der Waals surface area contributed by atoms with E-state index in [9.17, 15) is 4.79 Å². The fourth-order valence-electron chi connectivity index (χ4n) is 1.40. The second-order valence-corrected chi connectivity index (χ2v) is 4.49. The number of halogens is 1. The third kappa shape index (κ3) is 4.33. The highest BCUT2D eigenvalue weighted by molar-refractivity contribution is 9.10. The zero-order valence-electron chi connectivity index (χ0n) is 9.64. The van der Waals surface area contributed by atoms with Crippen molar-refractivity contribution in [3.63, 3.8) is 0 Å². The van der Waals surface area contributed by atoms with Gasteiger partial charge in [-0.3, -0.25) is 4.79 Å². The standard InChI is InChI=1S/C12H17BrN2O/c1-3-15-12(16)8-14-7-10-4-5-11(13)9(2)6-10/h4-6,14H,3,7-8H2,1-2H3,(H,15,16). The molecule has 0 atom stereocenters. The Balaban J connectivity index is 2.37. The molecular weight excluding hydrogens is 268 g/mol. The molecule has 0 saturated heterocycles. The van der Waals surface area contributed by atoms with Crippen molar-refractivity contribution in [3.8, 4) is 0 Å². The van der Waals surface area contributed by atoms with Gasteiger partial charge in [-0.15, -0.1) is 0 Å². The van der Waals surface area contributed by atoms with Crippen LogP contribution in [0.25, 0.3) is 0 Å². The van der Waals surface area contributed by atoms with Gasteiger partial charge < -0.3 is 10.6 Å². The first-order valence-electron chi connectivity index (χ1n) is 5.36. The maximum atomic E-state index is 11.2. The summed E-state index contributed by atoms with van der Waals surface area (Å²) < 4.78 is 1.11. The molecule has 0 unspecified atom stereocenters. The van der Waals surface area contributed by atoms with E-state index >= 15 is 0 Å². The van der Waals surface area contributed by atoms with Crippen molar-refractivity contribution in [1.29, 1.82) is 0 Å². The van der Waals surface area contributed by atoms with Crippen LogP contribution in [0.2, 0.25) is 0 Å². The molecule has 0 aromatic heterocycles. The van der Waals surface area contributed by atoms with Gasteiger partial charge in [-0.1, -0.05) is 28.1 Å². The number of aryl methyl sites for hydroxylation is 1. The van der Waals surface area contributed by atoms with E-state index in [1.54, 1.807) is 0 Å². The lowest BCUT2D eigenvalue weighted by Crippen LogP contribution is -2.33. The highest BCUT2D eigenvalue weighted by Crippen LogP contribution is 2.16. The highest BCUT2D eigenvalue weighted by atomic mass is 79.9. The van der Waals surface area contributed by atoms with Crippen molar-refractivity contribution < 1.29 is 4.79 Å². The molecule has 0 aliphatic rings. The molecule has 88 valence electrons. The van der Waals surface area contributed by atoms with E-state index in [2.05, 4.69) is 39.6 Å². The Morgan fingerprint density at radius 3 is 2.81 bits per heavy atom. The van der Waals surface area contributed by atoms with Gasteiger partial charge in [0.2, 0.25) is 5.91 Å². The molecule has 4 heteroatoms. The third-order valence-corrected chi connectivity index (χ3v) is 3.10. The largest absolute Gasteiger partial charge is 0.355 e. The summed E-state index contributed by atoms with van der Waals surface area (Å²) in [5.41, 5.74) is 2.39. The summed E-state index contributed by atoms with van der Waals surface area (Å²) in [7, 11) is 0. The van der Waals surface area contributed by atoms with Crippen molar-refractivity contribution in [1.82, 2.24) is 10.6 Å². The topological polar surface area (TPSA) is 41.1 Å². The monoisotopic (exact) mass is 284 g/mol. The molecular formula is C12H17BrN2O. The van der Waals surface area contributed by atoms with Crippen LogP contribution in [-0.2, 0) is 11.3 Å². The van der Waals surface area contributed by atoms with Crippen LogP contribution < -0.4 is 10.6 Å². The summed E-state index contributed by atoms with van der Waals surface area (Å²) >= 11 is 3.46. The van der Waals surface area contributed by atoms with Crippen LogP contribution in [0.1, 0.15) is 18.1 Å². The lowest BCUT2D eigenvalue weighted by Gasteiger charge is -2.06. The highest BCUT2D eigenvalue weighted by Gasteiger charge is 2.00. The van der Waals surface area contributed by atoms with Gasteiger partial charge in [-0.2, -0.15) is 0 Å². The Kier molecular flexibility index (Phi) is 5.49. The summed E-state index contributed by atoms with van der Waals surface area (Å²) in [5.74, 6) is 0.0383. The number of carbonyl (C=O) groups is 1. The first-order valence-corrected chi connectivity index (χ1v) is 6.15. The van der Waals surface area contributed by atoms with Gasteiger partial charge in [0.25, 0.3) is 0 Å². The quantitative estimate of drug-likeness (QED) is 0.868. The number of rotatable bonds is 5. The number of benzene rings is 1. The lowest BCUT2D eigenvalue weighted by molar-refractivity contribution is -0.120. The summed E-state index contributed by atoms with van der Waals surface area (Å²) in [6, 6.07) is 6.18. The number of amides is 1. The maximum Gasteiger partial charge on any atom is 0.233 e. The average Bonchev–Trinajstić information content (AvgIpc) is 2.24. The smallest absolute Gasteiger partial charge is 0.233 e. The van der Waals surface area contributed by atoms with Crippen molar-refractivity contribution in [3.05, 3.63) is 33.8 Å². The zero-order chi connectivity index (χ0) is 12.0. The minimum absolute atomic E-state index is 0.0383. The molecule has 0 bridgehead atoms. The van der Waals surface area contributed by atoms with Gasteiger partial charge in [0, 0.05) is 17.6 Å². The average molecular weight is 285 g/mol. The van der Waals surface area contributed by atoms with E-state index < -0.39 is 0 Å². The van der Waals surface area contributed by atoms with Gasteiger partial charge in [0.15, 0.2) is 0 Å². The van der Waals surface area contributed by atoms with Crippen LogP contribution in [0.15, 0.2) is 22.7 Å². The summed E-state index contributed by atoms with van der Waals surface area (Å²) in [6.07, 6.45) is 0. The van der Waals surface area contributed by atoms with Gasteiger partial charge >= 0.3 is 0 Å². The van der Waals surface area contributed by atoms with E-state index in [1.807, 2.05) is 19.1 Å². The Labute approximate surface area is 105 Å². The van der Waals surface area contributed by atoms with E-state index in [1.165, 1.54) is 11.1 Å². The molecule has 1 amide bonds. The van der Waals surface area contributed by atoms with Crippen LogP contribution in [-0.4, -0.2) is 19.0 Å². The Hall–Kier alpha value is -0.870.